The molecule has 1 amide bonds. The number of amides is 1. The molecule has 0 saturated carbocycles. The van der Waals surface area contributed by atoms with Crippen molar-refractivity contribution in [2.75, 3.05) is 19.0 Å². The number of ether oxygens (including phenoxy) is 3. The molecule has 0 fully saturated rings. The van der Waals surface area contributed by atoms with Crippen LogP contribution in [0, 0.1) is 0 Å². The molecule has 0 aromatic heterocycles. The SMILES string of the molecule is CCOc1ccccc1NC(=O)c1cccc(OC)c1OC(F)F. The molecular formula is C17H17F2NO4. The first kappa shape index (κ1) is 17.5. The van der Waals surface area contributed by atoms with E-state index in [1.807, 2.05) is 6.92 Å². The van der Waals surface area contributed by atoms with Crippen molar-refractivity contribution in [3.63, 3.8) is 0 Å². The van der Waals surface area contributed by atoms with Gasteiger partial charge in [-0.05, 0) is 31.2 Å². The highest BCUT2D eigenvalue weighted by Gasteiger charge is 2.21. The highest BCUT2D eigenvalue weighted by atomic mass is 19.3. The van der Waals surface area contributed by atoms with Gasteiger partial charge in [-0.2, -0.15) is 8.78 Å². The summed E-state index contributed by atoms with van der Waals surface area (Å²) in [5.41, 5.74) is 0.358. The maximum absolute atomic E-state index is 12.6. The number of methoxy groups -OCH3 is 1. The largest absolute Gasteiger partial charge is 0.493 e. The molecule has 0 saturated heterocycles. The zero-order valence-electron chi connectivity index (χ0n) is 13.2. The number of rotatable bonds is 7. The molecule has 0 heterocycles. The molecule has 128 valence electrons. The predicted molar refractivity (Wildman–Crippen MR) is 85.2 cm³/mol. The standard InChI is InChI=1S/C17H17F2NO4/c1-3-23-13-9-5-4-8-12(13)20-16(21)11-7-6-10-14(22-2)15(11)24-17(18)19/h4-10,17H,3H2,1-2H3,(H,20,21). The van der Waals surface area contributed by atoms with E-state index in [1.165, 1.54) is 25.3 Å². The molecule has 5 nitrogen and oxygen atoms in total. The number of alkyl halides is 2. The van der Waals surface area contributed by atoms with Crippen molar-refractivity contribution in [2.24, 2.45) is 0 Å². The summed E-state index contributed by atoms with van der Waals surface area (Å²) in [7, 11) is 1.31. The Morgan fingerprint density at radius 3 is 2.50 bits per heavy atom. The topological polar surface area (TPSA) is 56.8 Å². The van der Waals surface area contributed by atoms with Gasteiger partial charge < -0.3 is 19.5 Å². The van der Waals surface area contributed by atoms with Crippen molar-refractivity contribution in [1.82, 2.24) is 0 Å². The predicted octanol–water partition coefficient (Wildman–Crippen LogP) is 3.95. The number of halogens is 2. The molecule has 0 spiro atoms. The van der Waals surface area contributed by atoms with E-state index in [4.69, 9.17) is 9.47 Å². The molecular weight excluding hydrogens is 320 g/mol. The number of anilines is 1. The molecule has 0 bridgehead atoms. The molecule has 0 unspecified atom stereocenters. The van der Waals surface area contributed by atoms with Crippen LogP contribution in [0.25, 0.3) is 0 Å². The van der Waals surface area contributed by atoms with Gasteiger partial charge >= 0.3 is 6.61 Å². The quantitative estimate of drug-likeness (QED) is 0.831. The van der Waals surface area contributed by atoms with E-state index >= 15 is 0 Å². The third-order valence-corrected chi connectivity index (χ3v) is 3.09. The fraction of sp³-hybridized carbons (Fsp3) is 0.235. The smallest absolute Gasteiger partial charge is 0.387 e. The number of carbonyl (C=O) groups is 1. The van der Waals surface area contributed by atoms with Crippen LogP contribution in [0.4, 0.5) is 14.5 Å². The summed E-state index contributed by atoms with van der Waals surface area (Å²) < 4.78 is 40.1. The molecule has 0 radical (unpaired) electrons. The van der Waals surface area contributed by atoms with Crippen LogP contribution < -0.4 is 19.5 Å². The van der Waals surface area contributed by atoms with E-state index in [1.54, 1.807) is 24.3 Å². The lowest BCUT2D eigenvalue weighted by Crippen LogP contribution is -2.16. The Balaban J connectivity index is 2.33. The van der Waals surface area contributed by atoms with Crippen LogP contribution in [0.3, 0.4) is 0 Å². The lowest BCUT2D eigenvalue weighted by molar-refractivity contribution is -0.0515. The summed E-state index contributed by atoms with van der Waals surface area (Å²) in [5, 5.41) is 2.63. The van der Waals surface area contributed by atoms with Crippen LogP contribution in [0.15, 0.2) is 42.5 Å². The van der Waals surface area contributed by atoms with Crippen LogP contribution >= 0.6 is 0 Å². The van der Waals surface area contributed by atoms with Gasteiger partial charge in [-0.1, -0.05) is 18.2 Å². The number of carbonyl (C=O) groups excluding carboxylic acids is 1. The third-order valence-electron chi connectivity index (χ3n) is 3.09. The average Bonchev–Trinajstić information content (AvgIpc) is 2.56. The number of hydrogen-bond acceptors (Lipinski definition) is 4. The second-order valence-corrected chi connectivity index (χ2v) is 4.60. The Bertz CT molecular complexity index is 707. The van der Waals surface area contributed by atoms with E-state index in [2.05, 4.69) is 10.1 Å². The van der Waals surface area contributed by atoms with Crippen LogP contribution in [0.5, 0.6) is 17.2 Å². The maximum atomic E-state index is 12.6. The highest BCUT2D eigenvalue weighted by Crippen LogP contribution is 2.33. The van der Waals surface area contributed by atoms with Crippen LogP contribution in [-0.2, 0) is 0 Å². The molecule has 2 aromatic rings. The summed E-state index contributed by atoms with van der Waals surface area (Å²) >= 11 is 0. The fourth-order valence-corrected chi connectivity index (χ4v) is 2.11. The summed E-state index contributed by atoms with van der Waals surface area (Å²) in [6.07, 6.45) is 0. The minimum atomic E-state index is -3.08. The molecule has 24 heavy (non-hydrogen) atoms. The lowest BCUT2D eigenvalue weighted by Gasteiger charge is -2.15. The Morgan fingerprint density at radius 1 is 1.12 bits per heavy atom. The molecule has 2 aromatic carbocycles. The zero-order valence-corrected chi connectivity index (χ0v) is 13.2. The second-order valence-electron chi connectivity index (χ2n) is 4.60. The molecule has 0 aliphatic rings. The number of hydrogen-bond donors (Lipinski definition) is 1. The van der Waals surface area contributed by atoms with Gasteiger partial charge in [0.25, 0.3) is 5.91 Å². The van der Waals surface area contributed by atoms with E-state index in [9.17, 15) is 13.6 Å². The normalized spacial score (nSPS) is 10.4. The molecule has 2 rings (SSSR count). The highest BCUT2D eigenvalue weighted by molar-refractivity contribution is 6.07. The first-order chi connectivity index (χ1) is 11.6. The van der Waals surface area contributed by atoms with Gasteiger partial charge in [-0.3, -0.25) is 4.79 Å². The lowest BCUT2D eigenvalue weighted by atomic mass is 10.1. The summed E-state index contributed by atoms with van der Waals surface area (Å²) in [6.45, 7) is -0.843. The Kier molecular flexibility index (Phi) is 5.95. The van der Waals surface area contributed by atoms with Gasteiger partial charge in [-0.25, -0.2) is 0 Å². The summed E-state index contributed by atoms with van der Waals surface area (Å²) in [6, 6.07) is 11.2. The van der Waals surface area contributed by atoms with Crippen molar-refractivity contribution in [3.05, 3.63) is 48.0 Å². The van der Waals surface area contributed by atoms with Gasteiger partial charge in [0, 0.05) is 0 Å². The first-order valence-electron chi connectivity index (χ1n) is 7.21. The Labute approximate surface area is 138 Å². The van der Waals surface area contributed by atoms with Gasteiger partial charge in [-0.15, -0.1) is 0 Å². The number of para-hydroxylation sites is 3. The van der Waals surface area contributed by atoms with Crippen molar-refractivity contribution in [1.29, 1.82) is 0 Å². The van der Waals surface area contributed by atoms with Gasteiger partial charge in [0.1, 0.15) is 5.75 Å². The van der Waals surface area contributed by atoms with Crippen molar-refractivity contribution in [3.8, 4) is 17.2 Å². The molecule has 0 aliphatic heterocycles. The average molecular weight is 337 g/mol. The van der Waals surface area contributed by atoms with E-state index in [-0.39, 0.29) is 17.1 Å². The molecule has 1 N–H and O–H groups in total. The first-order valence-corrected chi connectivity index (χ1v) is 7.21. The molecule has 0 atom stereocenters. The van der Waals surface area contributed by atoms with E-state index in [0.29, 0.717) is 18.0 Å². The zero-order chi connectivity index (χ0) is 17.5. The van der Waals surface area contributed by atoms with Crippen molar-refractivity contribution >= 4 is 11.6 Å². The fourth-order valence-electron chi connectivity index (χ4n) is 2.11. The minimum absolute atomic E-state index is 0.0426. The Morgan fingerprint density at radius 2 is 1.83 bits per heavy atom. The van der Waals surface area contributed by atoms with Crippen LogP contribution in [0.2, 0.25) is 0 Å². The van der Waals surface area contributed by atoms with Gasteiger partial charge in [0.2, 0.25) is 0 Å². The van der Waals surface area contributed by atoms with Crippen molar-refractivity contribution < 1.29 is 27.8 Å². The van der Waals surface area contributed by atoms with Crippen LogP contribution in [-0.4, -0.2) is 26.2 Å². The number of benzene rings is 2. The van der Waals surface area contributed by atoms with Gasteiger partial charge in [0.15, 0.2) is 11.5 Å². The summed E-state index contributed by atoms with van der Waals surface area (Å²) in [5.74, 6) is -0.410. The summed E-state index contributed by atoms with van der Waals surface area (Å²) in [4.78, 5) is 12.5. The van der Waals surface area contributed by atoms with E-state index < -0.39 is 12.5 Å². The Hall–Kier alpha value is -2.83. The second kappa shape index (κ2) is 8.14. The van der Waals surface area contributed by atoms with E-state index in [0.717, 1.165) is 0 Å². The molecule has 7 heteroatoms. The maximum Gasteiger partial charge on any atom is 0.387 e. The molecule has 0 aliphatic carbocycles. The van der Waals surface area contributed by atoms with Crippen molar-refractivity contribution in [2.45, 2.75) is 13.5 Å². The monoisotopic (exact) mass is 337 g/mol. The minimum Gasteiger partial charge on any atom is -0.493 e. The van der Waals surface area contributed by atoms with Gasteiger partial charge in [0.05, 0.1) is 25.0 Å². The third kappa shape index (κ3) is 4.13. The van der Waals surface area contributed by atoms with Crippen LogP contribution in [0.1, 0.15) is 17.3 Å². The number of nitrogens with one attached hydrogen (secondary N) is 1.